The van der Waals surface area contributed by atoms with E-state index < -0.39 is 23.1 Å². The number of nitrogens with one attached hydrogen (secondary N) is 1. The molecule has 0 amide bonds. The molecule has 0 spiro atoms. The van der Waals surface area contributed by atoms with Gasteiger partial charge in [0.1, 0.15) is 0 Å². The monoisotopic (exact) mass is 240 g/mol. The van der Waals surface area contributed by atoms with E-state index in [0.29, 0.717) is 12.8 Å². The van der Waals surface area contributed by atoms with Crippen molar-refractivity contribution in [2.45, 2.75) is 38.1 Å². The van der Waals surface area contributed by atoms with Crippen molar-refractivity contribution in [3.8, 4) is 0 Å². The van der Waals surface area contributed by atoms with E-state index in [-0.39, 0.29) is 5.78 Å². The number of nitrogens with zero attached hydrogens (tertiary/aromatic N) is 1. The molecule has 2 rings (SSSR count). The van der Waals surface area contributed by atoms with Crippen molar-refractivity contribution in [1.29, 1.82) is 0 Å². The van der Waals surface area contributed by atoms with Crippen molar-refractivity contribution >= 4 is 5.78 Å². The van der Waals surface area contributed by atoms with Gasteiger partial charge in [-0.05, 0) is 12.8 Å². The lowest BCUT2D eigenvalue weighted by Gasteiger charge is -2.15. The molecule has 1 aromatic rings. The fraction of sp³-hybridized carbons (Fsp3) is 0.545. The highest BCUT2D eigenvalue weighted by Gasteiger charge is 2.24. The van der Waals surface area contributed by atoms with Gasteiger partial charge in [0.05, 0.1) is 12.2 Å². The van der Waals surface area contributed by atoms with Crippen LogP contribution in [0.2, 0.25) is 0 Å². The van der Waals surface area contributed by atoms with Gasteiger partial charge in [-0.2, -0.15) is 4.39 Å². The SMILES string of the molecule is O=C1CCCCCC1n1cc(F)c(=O)[nH]c1=O. The van der Waals surface area contributed by atoms with E-state index >= 15 is 0 Å². The first-order chi connectivity index (χ1) is 8.09. The Morgan fingerprint density at radius 2 is 2.00 bits per heavy atom. The second-order valence-corrected chi connectivity index (χ2v) is 4.23. The Labute approximate surface area is 96.3 Å². The average Bonchev–Trinajstić information content (AvgIpc) is 2.49. The Kier molecular flexibility index (Phi) is 3.21. The van der Waals surface area contributed by atoms with Crippen molar-refractivity contribution in [2.75, 3.05) is 0 Å². The third-order valence-corrected chi connectivity index (χ3v) is 3.03. The largest absolute Gasteiger partial charge is 0.329 e. The Bertz CT molecular complexity index is 546. The summed E-state index contributed by atoms with van der Waals surface area (Å²) in [6, 6.07) is -0.642. The number of ketones is 1. The van der Waals surface area contributed by atoms with E-state index in [4.69, 9.17) is 0 Å². The van der Waals surface area contributed by atoms with Crippen LogP contribution in [0.5, 0.6) is 0 Å². The first-order valence-electron chi connectivity index (χ1n) is 5.63. The zero-order chi connectivity index (χ0) is 12.4. The first kappa shape index (κ1) is 11.8. The third kappa shape index (κ3) is 2.35. The van der Waals surface area contributed by atoms with E-state index in [1.807, 2.05) is 4.98 Å². The summed E-state index contributed by atoms with van der Waals surface area (Å²) in [7, 11) is 0. The Morgan fingerprint density at radius 1 is 1.24 bits per heavy atom. The molecule has 1 fully saturated rings. The van der Waals surface area contributed by atoms with E-state index in [0.717, 1.165) is 30.0 Å². The minimum Gasteiger partial charge on any atom is -0.297 e. The summed E-state index contributed by atoms with van der Waals surface area (Å²) in [6.07, 6.45) is 4.31. The number of hydrogen-bond donors (Lipinski definition) is 1. The number of carbonyl (C=O) groups is 1. The van der Waals surface area contributed by atoms with Crippen LogP contribution in [0.15, 0.2) is 15.8 Å². The Balaban J connectivity index is 2.45. The lowest BCUT2D eigenvalue weighted by molar-refractivity contribution is -0.122. The summed E-state index contributed by atoms with van der Waals surface area (Å²) in [5.74, 6) is -1.11. The number of halogens is 1. The summed E-state index contributed by atoms with van der Waals surface area (Å²) in [5.41, 5.74) is -1.77. The number of hydrogen-bond acceptors (Lipinski definition) is 3. The van der Waals surface area contributed by atoms with Gasteiger partial charge in [-0.1, -0.05) is 12.8 Å². The van der Waals surface area contributed by atoms with Crippen LogP contribution in [0.3, 0.4) is 0 Å². The second kappa shape index (κ2) is 4.65. The van der Waals surface area contributed by atoms with Crippen LogP contribution in [0, 0.1) is 5.82 Å². The highest BCUT2D eigenvalue weighted by atomic mass is 19.1. The van der Waals surface area contributed by atoms with Crippen LogP contribution in [-0.4, -0.2) is 15.3 Å². The zero-order valence-electron chi connectivity index (χ0n) is 9.24. The van der Waals surface area contributed by atoms with Crippen LogP contribution >= 0.6 is 0 Å². The van der Waals surface area contributed by atoms with Gasteiger partial charge in [-0.15, -0.1) is 0 Å². The molecule has 0 bridgehead atoms. The molecule has 1 aliphatic rings. The molecule has 0 radical (unpaired) electrons. The molecule has 17 heavy (non-hydrogen) atoms. The topological polar surface area (TPSA) is 71.9 Å². The van der Waals surface area contributed by atoms with Gasteiger partial charge in [-0.3, -0.25) is 19.1 Å². The van der Waals surface area contributed by atoms with E-state index in [1.54, 1.807) is 0 Å². The predicted molar refractivity (Wildman–Crippen MR) is 58.4 cm³/mol. The molecule has 0 saturated heterocycles. The second-order valence-electron chi connectivity index (χ2n) is 4.23. The minimum atomic E-state index is -1.05. The van der Waals surface area contributed by atoms with Crippen LogP contribution in [-0.2, 0) is 4.79 Å². The lowest BCUT2D eigenvalue weighted by atomic mass is 10.1. The molecule has 5 nitrogen and oxygen atoms in total. The highest BCUT2D eigenvalue weighted by molar-refractivity contribution is 5.82. The maximum Gasteiger partial charge on any atom is 0.329 e. The van der Waals surface area contributed by atoms with Crippen LogP contribution < -0.4 is 11.2 Å². The molecule has 1 saturated carbocycles. The van der Waals surface area contributed by atoms with Gasteiger partial charge in [-0.25, -0.2) is 4.79 Å². The standard InChI is InChI=1S/C11H13FN2O3/c12-7-6-14(11(17)13-10(7)16)8-4-2-1-3-5-9(8)15/h6,8H,1-5H2,(H,13,16,17). The smallest absolute Gasteiger partial charge is 0.297 e. The van der Waals surface area contributed by atoms with Gasteiger partial charge < -0.3 is 0 Å². The first-order valence-corrected chi connectivity index (χ1v) is 5.63. The van der Waals surface area contributed by atoms with E-state index in [2.05, 4.69) is 0 Å². The van der Waals surface area contributed by atoms with Crippen molar-refractivity contribution in [3.63, 3.8) is 0 Å². The predicted octanol–water partition coefficient (Wildman–Crippen LogP) is 0.750. The summed E-state index contributed by atoms with van der Waals surface area (Å²) < 4.78 is 14.1. The van der Waals surface area contributed by atoms with Gasteiger partial charge in [0.2, 0.25) is 5.82 Å². The molecule has 6 heteroatoms. The molecule has 1 heterocycles. The molecule has 1 N–H and O–H groups in total. The van der Waals surface area contributed by atoms with Gasteiger partial charge in [0, 0.05) is 6.42 Å². The quantitative estimate of drug-likeness (QED) is 0.736. The molecule has 1 aliphatic carbocycles. The minimum absolute atomic E-state index is 0.0731. The molecule has 1 atom stereocenters. The van der Waals surface area contributed by atoms with Gasteiger partial charge >= 0.3 is 5.69 Å². The number of Topliss-reactive ketones (excluding diaryl/α,β-unsaturated/α-hetero) is 1. The normalized spacial score (nSPS) is 21.2. The zero-order valence-corrected chi connectivity index (χ0v) is 9.24. The van der Waals surface area contributed by atoms with Crippen LogP contribution in [0.1, 0.15) is 38.1 Å². The molecule has 1 unspecified atom stereocenters. The summed E-state index contributed by atoms with van der Waals surface area (Å²) >= 11 is 0. The molecule has 0 aromatic carbocycles. The third-order valence-electron chi connectivity index (χ3n) is 3.03. The molecular weight excluding hydrogens is 227 g/mol. The number of carbonyl (C=O) groups excluding carboxylic acids is 1. The number of H-pyrrole nitrogens is 1. The number of rotatable bonds is 1. The average molecular weight is 240 g/mol. The summed E-state index contributed by atoms with van der Waals surface area (Å²) in [4.78, 5) is 36.1. The van der Waals surface area contributed by atoms with Crippen molar-refractivity contribution in [3.05, 3.63) is 32.9 Å². The fourth-order valence-corrected chi connectivity index (χ4v) is 2.13. The lowest BCUT2D eigenvalue weighted by Crippen LogP contribution is -2.36. The van der Waals surface area contributed by atoms with E-state index in [1.165, 1.54) is 0 Å². The molecule has 0 aliphatic heterocycles. The van der Waals surface area contributed by atoms with Crippen LogP contribution in [0.4, 0.5) is 4.39 Å². The van der Waals surface area contributed by atoms with Gasteiger partial charge in [0.15, 0.2) is 5.78 Å². The summed E-state index contributed by atoms with van der Waals surface area (Å²) in [6.45, 7) is 0. The van der Waals surface area contributed by atoms with Crippen molar-refractivity contribution in [2.24, 2.45) is 0 Å². The van der Waals surface area contributed by atoms with Crippen molar-refractivity contribution in [1.82, 2.24) is 9.55 Å². The Morgan fingerprint density at radius 3 is 2.76 bits per heavy atom. The number of aromatic nitrogens is 2. The fourth-order valence-electron chi connectivity index (χ4n) is 2.13. The molecule has 1 aromatic heterocycles. The van der Waals surface area contributed by atoms with Crippen molar-refractivity contribution < 1.29 is 9.18 Å². The maximum atomic E-state index is 13.1. The summed E-state index contributed by atoms with van der Waals surface area (Å²) in [5, 5.41) is 0. The maximum absolute atomic E-state index is 13.1. The van der Waals surface area contributed by atoms with Crippen LogP contribution in [0.25, 0.3) is 0 Å². The Hall–Kier alpha value is -1.72. The molecular formula is C11H13FN2O3. The molecule has 92 valence electrons. The van der Waals surface area contributed by atoms with Gasteiger partial charge in [0.25, 0.3) is 5.56 Å². The van der Waals surface area contributed by atoms with E-state index in [9.17, 15) is 18.8 Å². The highest BCUT2D eigenvalue weighted by Crippen LogP contribution is 2.22. The number of aromatic amines is 1.